The van der Waals surface area contributed by atoms with E-state index in [0.29, 0.717) is 0 Å². The highest BCUT2D eigenvalue weighted by atomic mass is 35.5. The fourth-order valence-electron chi connectivity index (χ4n) is 0.587. The Kier molecular flexibility index (Phi) is 18.4. The molecule has 0 spiro atoms. The second-order valence-corrected chi connectivity index (χ2v) is 2.38. The zero-order valence-electron chi connectivity index (χ0n) is 13.0. The quantitative estimate of drug-likeness (QED) is 0.457. The van der Waals surface area contributed by atoms with Gasteiger partial charge in [-0.15, -0.1) is 37.2 Å². The lowest BCUT2D eigenvalue weighted by atomic mass is 10.5. The molecule has 0 radical (unpaired) electrons. The van der Waals surface area contributed by atoms with Crippen LogP contribution in [-0.4, -0.2) is 45.1 Å². The fourth-order valence-corrected chi connectivity index (χ4v) is 0.587. The Bertz CT molecular complexity index is 262. The molecule has 0 aromatic rings. The summed E-state index contributed by atoms with van der Waals surface area (Å²) < 4.78 is 30.2. The molecule has 0 unspecified atom stereocenters. The molecule has 0 saturated heterocycles. The summed E-state index contributed by atoms with van der Waals surface area (Å²) in [6, 6.07) is 0. The van der Waals surface area contributed by atoms with Crippen LogP contribution in [0, 0.1) is 0 Å². The van der Waals surface area contributed by atoms with Gasteiger partial charge in [-0.25, -0.2) is 0 Å². The Morgan fingerprint density at radius 3 is 2.06 bits per heavy atom. The predicted octanol–water partition coefficient (Wildman–Crippen LogP) is -0.474. The van der Waals surface area contributed by atoms with Crippen LogP contribution >= 0.6 is 37.2 Å². The minimum absolute atomic E-state index is 0. The molecular weight excluding hydrogens is 274 g/mol. The van der Waals surface area contributed by atoms with Crippen molar-refractivity contribution >= 4 is 43.1 Å². The molecule has 5 nitrogen and oxygen atoms in total. The molecule has 1 amide bonds. The van der Waals surface area contributed by atoms with Gasteiger partial charge in [0, 0.05) is 51.6 Å². The van der Waals surface area contributed by atoms with Gasteiger partial charge in [0.2, 0.25) is 5.91 Å². The first kappa shape index (κ1) is 14.3. The van der Waals surface area contributed by atoms with Gasteiger partial charge in [-0.05, 0) is 0 Å². The van der Waals surface area contributed by atoms with Gasteiger partial charge in [-0.3, -0.25) is 4.79 Å². The van der Waals surface area contributed by atoms with Crippen LogP contribution in [0.15, 0.2) is 0 Å². The molecule has 0 aliphatic heterocycles. The summed E-state index contributed by atoms with van der Waals surface area (Å²) in [5, 5.41) is 7.27. The molecule has 0 heterocycles. The Labute approximate surface area is 122 Å². The maximum absolute atomic E-state index is 10.6. The monoisotopic (exact) mass is 300 g/mol. The van der Waals surface area contributed by atoms with Gasteiger partial charge >= 0.3 is 0 Å². The number of carbonyl (C=O) groups excluding carboxylic acids is 1. The van der Waals surface area contributed by atoms with E-state index in [0.717, 1.165) is 0 Å². The van der Waals surface area contributed by atoms with Gasteiger partial charge < -0.3 is 21.7 Å². The zero-order valence-corrected chi connectivity index (χ0v) is 11.5. The zero-order chi connectivity index (χ0) is 13.5. The lowest BCUT2D eigenvalue weighted by molar-refractivity contribution is -0.118. The average Bonchev–Trinajstić information content (AvgIpc) is 2.21. The summed E-state index contributed by atoms with van der Waals surface area (Å²) in [5.41, 5.74) is 5.21. The Hall–Kier alpha value is 0.220. The van der Waals surface area contributed by atoms with Gasteiger partial charge in [-0.1, -0.05) is 0 Å². The van der Waals surface area contributed by atoms with E-state index in [1.807, 2.05) is 0 Å². The molecule has 8 heteroatoms. The highest BCUT2D eigenvalue weighted by Crippen LogP contribution is 1.62. The summed E-state index contributed by atoms with van der Waals surface area (Å²) in [5.74, 6) is -0.211. The summed E-state index contributed by atoms with van der Waals surface area (Å²) in [6.45, 7) is -2.35. The Balaban J connectivity index is -0.000000427. The van der Waals surface area contributed by atoms with E-state index >= 15 is 0 Å². The highest BCUT2D eigenvalue weighted by molar-refractivity contribution is 5.86. The van der Waals surface area contributed by atoms with Crippen molar-refractivity contribution in [2.24, 2.45) is 5.73 Å². The third-order valence-electron chi connectivity index (χ3n) is 1.13. The van der Waals surface area contributed by atoms with Gasteiger partial charge in [0.1, 0.15) is 0 Å². The van der Waals surface area contributed by atoms with Crippen molar-refractivity contribution in [3.05, 3.63) is 0 Å². The number of rotatable bonds is 8. The topological polar surface area (TPSA) is 79.2 Å². The first-order valence-electron chi connectivity index (χ1n) is 6.17. The van der Waals surface area contributed by atoms with Crippen LogP contribution in [0.1, 0.15) is 12.4 Å². The number of carbonyl (C=O) groups is 1. The van der Waals surface area contributed by atoms with Crippen molar-refractivity contribution in [3.8, 4) is 0 Å². The Morgan fingerprint density at radius 1 is 1.12 bits per heavy atom. The second-order valence-electron chi connectivity index (χ2n) is 2.38. The first-order valence-corrected chi connectivity index (χ1v) is 4.17. The average molecular weight is 302 g/mol. The van der Waals surface area contributed by atoms with Crippen LogP contribution in [0.4, 0.5) is 0 Å². The maximum atomic E-state index is 10.6. The molecule has 0 saturated carbocycles. The molecule has 5 N–H and O–H groups in total. The van der Waals surface area contributed by atoms with E-state index in [1.54, 1.807) is 0 Å². The predicted molar refractivity (Wildman–Crippen MR) is 75.2 cm³/mol. The fraction of sp³-hybridized carbons (Fsp3) is 0.875. The molecule has 0 aromatic carbocycles. The van der Waals surface area contributed by atoms with Crippen LogP contribution in [0.3, 0.4) is 0 Å². The molecule has 0 aromatic heterocycles. The number of halogens is 3. The Morgan fingerprint density at radius 2 is 1.62 bits per heavy atom. The molecule has 16 heavy (non-hydrogen) atoms. The van der Waals surface area contributed by atoms with Crippen molar-refractivity contribution in [1.29, 1.82) is 0 Å². The number of nitrogens with two attached hydrogens (primary N) is 1. The molecule has 0 aliphatic rings. The first-order chi connectivity index (χ1) is 7.73. The summed E-state index contributed by atoms with van der Waals surface area (Å²) in [4.78, 5) is 10.6. The number of amides is 1. The van der Waals surface area contributed by atoms with Gasteiger partial charge in [0.25, 0.3) is 0 Å². The van der Waals surface area contributed by atoms with Crippen LogP contribution in [-0.2, 0) is 4.79 Å². The van der Waals surface area contributed by atoms with Crippen molar-refractivity contribution < 1.29 is 10.3 Å². The third-order valence-corrected chi connectivity index (χ3v) is 1.13. The van der Waals surface area contributed by atoms with E-state index in [2.05, 4.69) is 16.0 Å². The molecule has 0 fully saturated rings. The standard InChI is InChI=1S/C8H20N4O.3ClH/c1-8(13)12-7-6-11-5-4-10-3-2-9;;;/h10-11H,2-7,9H2,1H3,(H,12,13);3*1H/i4D2,5D2;;;. The second kappa shape index (κ2) is 20.6. The van der Waals surface area contributed by atoms with Crippen molar-refractivity contribution in [2.45, 2.75) is 6.92 Å². The van der Waals surface area contributed by atoms with Crippen LogP contribution < -0.4 is 21.7 Å². The summed E-state index contributed by atoms with van der Waals surface area (Å²) in [7, 11) is 0. The number of nitrogens with one attached hydrogen (secondary N) is 3. The molecule has 0 bridgehead atoms. The molecule has 0 aliphatic carbocycles. The normalized spacial score (nSPS) is 13.6. The van der Waals surface area contributed by atoms with Gasteiger partial charge in [0.15, 0.2) is 0 Å². The van der Waals surface area contributed by atoms with E-state index in [4.69, 9.17) is 11.2 Å². The number of hydrogen-bond donors (Lipinski definition) is 4. The largest absolute Gasteiger partial charge is 0.355 e. The highest BCUT2D eigenvalue weighted by Gasteiger charge is 1.89. The molecular formula is C8H23Cl3N4O. The summed E-state index contributed by atoms with van der Waals surface area (Å²) >= 11 is 0. The van der Waals surface area contributed by atoms with E-state index in [-0.39, 0.29) is 69.3 Å². The molecule has 0 rings (SSSR count). The maximum Gasteiger partial charge on any atom is 0.216 e. The van der Waals surface area contributed by atoms with Crippen molar-refractivity contribution in [3.63, 3.8) is 0 Å². The minimum atomic E-state index is -2.25. The van der Waals surface area contributed by atoms with Crippen LogP contribution in [0.25, 0.3) is 0 Å². The van der Waals surface area contributed by atoms with Gasteiger partial charge in [-0.2, -0.15) is 0 Å². The lowest BCUT2D eigenvalue weighted by Gasteiger charge is -2.05. The smallest absolute Gasteiger partial charge is 0.216 e. The van der Waals surface area contributed by atoms with Crippen molar-refractivity contribution in [1.82, 2.24) is 16.0 Å². The lowest BCUT2D eigenvalue weighted by Crippen LogP contribution is -2.35. The molecule has 102 valence electrons. The van der Waals surface area contributed by atoms with Gasteiger partial charge in [0.05, 0.1) is 0 Å². The third kappa shape index (κ3) is 23.8. The number of hydrogen-bond acceptors (Lipinski definition) is 4. The van der Waals surface area contributed by atoms with Crippen LogP contribution in [0.2, 0.25) is 0 Å². The molecule has 0 atom stereocenters. The van der Waals surface area contributed by atoms with E-state index < -0.39 is 13.0 Å². The minimum Gasteiger partial charge on any atom is -0.355 e. The van der Waals surface area contributed by atoms with Crippen LogP contribution in [0.5, 0.6) is 0 Å². The van der Waals surface area contributed by atoms with Crippen molar-refractivity contribution in [2.75, 3.05) is 39.2 Å². The summed E-state index contributed by atoms with van der Waals surface area (Å²) in [6.07, 6.45) is 0. The van der Waals surface area contributed by atoms with E-state index in [9.17, 15) is 4.79 Å². The van der Waals surface area contributed by atoms with E-state index in [1.165, 1.54) is 6.92 Å². The SMILES string of the molecule is Cl.Cl.Cl.[2H]C([2H])(NCCN)C([2H])([2H])NCCNC(C)=O.